The first-order chi connectivity index (χ1) is 16.2. The summed E-state index contributed by atoms with van der Waals surface area (Å²) in [6.45, 7) is 13.3. The van der Waals surface area contributed by atoms with Gasteiger partial charge in [0.25, 0.3) is 0 Å². The molecule has 0 unspecified atom stereocenters. The van der Waals surface area contributed by atoms with Crippen LogP contribution in [-0.2, 0) is 20.9 Å². The van der Waals surface area contributed by atoms with E-state index in [1.54, 1.807) is 0 Å². The fourth-order valence-electron chi connectivity index (χ4n) is 2.40. The van der Waals surface area contributed by atoms with Crippen molar-refractivity contribution in [1.29, 1.82) is 0 Å². The van der Waals surface area contributed by atoms with Crippen molar-refractivity contribution in [3.63, 3.8) is 0 Å². The minimum absolute atomic E-state index is 0. The quantitative estimate of drug-likeness (QED) is 0.284. The lowest BCUT2D eigenvalue weighted by Crippen LogP contribution is -2.63. The standard InChI is InChI=1S/2C10H14.C4HF9O3S.H2S/c2*1-10(2,3)9-7-5-4-6-8-9;5-1(6,3(9,10)11)2(7,8)4(12,13)17(14,15)16;/h2*4-8H,1-3H3;(H,14,15,16);1H2. The zero-order chi connectivity index (χ0) is 29.7. The van der Waals surface area contributed by atoms with Crippen LogP contribution < -0.4 is 0 Å². The van der Waals surface area contributed by atoms with Gasteiger partial charge in [-0.15, -0.1) is 0 Å². The predicted octanol–water partition coefficient (Wildman–Crippen LogP) is 8.38. The van der Waals surface area contributed by atoms with Crippen molar-refractivity contribution >= 4 is 23.6 Å². The number of benzene rings is 2. The van der Waals surface area contributed by atoms with Gasteiger partial charge in [0.1, 0.15) is 0 Å². The molecule has 2 aromatic carbocycles. The van der Waals surface area contributed by atoms with Crippen LogP contribution in [0.3, 0.4) is 0 Å². The van der Waals surface area contributed by atoms with E-state index >= 15 is 0 Å². The summed E-state index contributed by atoms with van der Waals surface area (Å²) in [6, 6.07) is 21.1. The SMILES string of the molecule is CC(C)(C)c1ccccc1.CC(C)(C)c1ccccc1.O=S(=O)(O)C(F)(F)C(F)(F)C(F)(F)C(F)(F)F.S. The monoisotopic (exact) mass is 602 g/mol. The smallest absolute Gasteiger partial charge is 0.281 e. The maximum Gasteiger partial charge on any atom is 0.460 e. The minimum Gasteiger partial charge on any atom is -0.281 e. The molecule has 0 aliphatic heterocycles. The Morgan fingerprint density at radius 1 is 0.553 bits per heavy atom. The molecule has 0 aromatic heterocycles. The Morgan fingerprint density at radius 2 is 0.816 bits per heavy atom. The summed E-state index contributed by atoms with van der Waals surface area (Å²) in [4.78, 5) is 0. The van der Waals surface area contributed by atoms with Gasteiger partial charge >= 0.3 is 33.4 Å². The van der Waals surface area contributed by atoms with Gasteiger partial charge in [0.15, 0.2) is 0 Å². The maximum absolute atomic E-state index is 12.2. The zero-order valence-corrected chi connectivity index (χ0v) is 23.2. The molecule has 14 heteroatoms. The second kappa shape index (κ2) is 12.9. The van der Waals surface area contributed by atoms with Gasteiger partial charge in [-0.25, -0.2) is 0 Å². The van der Waals surface area contributed by atoms with Crippen molar-refractivity contribution in [2.24, 2.45) is 0 Å². The number of hydrogen-bond donors (Lipinski definition) is 1. The summed E-state index contributed by atoms with van der Waals surface area (Å²) < 4.78 is 134. The molecule has 1 N–H and O–H groups in total. The molecule has 0 saturated heterocycles. The molecule has 0 amide bonds. The van der Waals surface area contributed by atoms with Gasteiger partial charge in [-0.3, -0.25) is 4.55 Å². The summed E-state index contributed by atoms with van der Waals surface area (Å²) in [6.07, 6.45) is -7.13. The first kappa shape index (κ1) is 38.2. The molecule has 0 saturated carbocycles. The fourth-order valence-corrected chi connectivity index (χ4v) is 2.85. The number of halogens is 9. The highest BCUT2D eigenvalue weighted by Crippen LogP contribution is 2.54. The third-order valence-electron chi connectivity index (χ3n) is 4.72. The molecule has 38 heavy (non-hydrogen) atoms. The summed E-state index contributed by atoms with van der Waals surface area (Å²) >= 11 is 0. The van der Waals surface area contributed by atoms with Crippen molar-refractivity contribution in [3.05, 3.63) is 71.8 Å². The molecule has 0 bridgehead atoms. The lowest BCUT2D eigenvalue weighted by atomic mass is 9.87. The van der Waals surface area contributed by atoms with Crippen molar-refractivity contribution in [3.8, 4) is 0 Å². The third-order valence-corrected chi connectivity index (χ3v) is 5.62. The van der Waals surface area contributed by atoms with Gasteiger partial charge in [0, 0.05) is 0 Å². The molecule has 0 aliphatic carbocycles. The molecule has 3 nitrogen and oxygen atoms in total. The van der Waals surface area contributed by atoms with Crippen molar-refractivity contribution in [2.45, 2.75) is 75.6 Å². The minimum atomic E-state index is -7.37. The first-order valence-electron chi connectivity index (χ1n) is 10.5. The van der Waals surface area contributed by atoms with Crippen molar-refractivity contribution in [1.82, 2.24) is 0 Å². The van der Waals surface area contributed by atoms with Crippen LogP contribution in [-0.4, -0.2) is 36.2 Å². The number of hydrogen-bond acceptors (Lipinski definition) is 2. The molecule has 0 atom stereocenters. The van der Waals surface area contributed by atoms with Crippen LogP contribution >= 0.6 is 13.5 Å². The van der Waals surface area contributed by atoms with E-state index in [4.69, 9.17) is 4.55 Å². The summed E-state index contributed by atoms with van der Waals surface area (Å²) in [5, 5.41) is -7.00. The normalized spacial score (nSPS) is 13.3. The first-order valence-corrected chi connectivity index (χ1v) is 11.9. The molecule has 0 aliphatic rings. The highest BCUT2D eigenvalue weighted by Gasteiger charge is 2.85. The Kier molecular flexibility index (Phi) is 13.0. The lowest BCUT2D eigenvalue weighted by Gasteiger charge is -2.31. The largest absolute Gasteiger partial charge is 0.460 e. The predicted molar refractivity (Wildman–Crippen MR) is 133 cm³/mol. The van der Waals surface area contributed by atoms with Crippen molar-refractivity contribution in [2.75, 3.05) is 0 Å². The second-order valence-electron chi connectivity index (χ2n) is 9.87. The molecular weight excluding hydrogens is 571 g/mol. The summed E-state index contributed by atoms with van der Waals surface area (Å²) in [5.41, 5.74) is 3.38. The maximum atomic E-state index is 12.2. The van der Waals surface area contributed by atoms with Gasteiger partial charge < -0.3 is 0 Å². The number of rotatable bonds is 3. The molecule has 0 heterocycles. The topological polar surface area (TPSA) is 54.4 Å². The molecule has 2 rings (SSSR count). The molecule has 0 fully saturated rings. The summed E-state index contributed by atoms with van der Waals surface area (Å²) in [5.74, 6) is -14.7. The Hall–Kier alpha value is -1.93. The van der Waals surface area contributed by atoms with Crippen LogP contribution in [0.25, 0.3) is 0 Å². The highest BCUT2D eigenvalue weighted by molar-refractivity contribution is 7.87. The molecular formula is C24H31F9O3S2. The van der Waals surface area contributed by atoms with E-state index in [1.165, 1.54) is 11.1 Å². The van der Waals surface area contributed by atoms with Gasteiger partial charge in [-0.2, -0.15) is 61.4 Å². The van der Waals surface area contributed by atoms with Crippen LogP contribution in [0.4, 0.5) is 39.5 Å². The Balaban J connectivity index is 0. The average Bonchev–Trinajstić information content (AvgIpc) is 2.73. The van der Waals surface area contributed by atoms with E-state index in [2.05, 4.69) is 102 Å². The van der Waals surface area contributed by atoms with Gasteiger partial charge in [-0.1, -0.05) is 102 Å². The Bertz CT molecular complexity index is 1030. The van der Waals surface area contributed by atoms with E-state index in [9.17, 15) is 47.9 Å². The second-order valence-corrected chi connectivity index (χ2v) is 11.3. The van der Waals surface area contributed by atoms with Crippen LogP contribution in [0.15, 0.2) is 60.7 Å². The van der Waals surface area contributed by atoms with Gasteiger partial charge in [0.05, 0.1) is 0 Å². The van der Waals surface area contributed by atoms with E-state index in [-0.39, 0.29) is 13.5 Å². The van der Waals surface area contributed by atoms with Crippen molar-refractivity contribution < 1.29 is 52.5 Å². The van der Waals surface area contributed by atoms with E-state index in [0.717, 1.165) is 0 Å². The van der Waals surface area contributed by atoms with Crippen LogP contribution in [0.2, 0.25) is 0 Å². The molecule has 0 spiro atoms. The van der Waals surface area contributed by atoms with E-state index in [0.29, 0.717) is 10.8 Å². The Morgan fingerprint density at radius 3 is 0.974 bits per heavy atom. The number of alkyl halides is 9. The van der Waals surface area contributed by atoms with E-state index in [1.807, 2.05) is 0 Å². The van der Waals surface area contributed by atoms with E-state index < -0.39 is 33.4 Å². The zero-order valence-electron chi connectivity index (χ0n) is 21.3. The Labute approximate surface area is 223 Å². The van der Waals surface area contributed by atoms with Crippen LogP contribution in [0.5, 0.6) is 0 Å². The van der Waals surface area contributed by atoms with Gasteiger partial charge in [0.2, 0.25) is 0 Å². The van der Waals surface area contributed by atoms with Crippen LogP contribution in [0, 0.1) is 0 Å². The average molecular weight is 603 g/mol. The fraction of sp³-hybridized carbons (Fsp3) is 0.500. The van der Waals surface area contributed by atoms with Crippen LogP contribution in [0.1, 0.15) is 52.7 Å². The lowest BCUT2D eigenvalue weighted by molar-refractivity contribution is -0.382. The third kappa shape index (κ3) is 9.67. The molecule has 220 valence electrons. The molecule has 2 aromatic rings. The highest BCUT2D eigenvalue weighted by atomic mass is 32.2. The summed E-state index contributed by atoms with van der Waals surface area (Å²) in [7, 11) is -7.17. The van der Waals surface area contributed by atoms with Gasteiger partial charge in [-0.05, 0) is 22.0 Å². The molecule has 0 radical (unpaired) electrons.